The largest absolute Gasteiger partial charge is 0.317 e. The van der Waals surface area contributed by atoms with Gasteiger partial charge < -0.3 is 5.32 Å². The van der Waals surface area contributed by atoms with Gasteiger partial charge in [-0.1, -0.05) is 25.0 Å². The second kappa shape index (κ2) is 6.78. The number of nitrogens with one attached hydrogen (secondary N) is 2. The van der Waals surface area contributed by atoms with Crippen molar-refractivity contribution in [3.8, 4) is 0 Å². The lowest BCUT2D eigenvalue weighted by atomic mass is 9.65. The van der Waals surface area contributed by atoms with Crippen LogP contribution in [0.2, 0.25) is 0 Å². The molecule has 0 bridgehead atoms. The topological polar surface area (TPSA) is 101 Å². The Morgan fingerprint density at radius 1 is 1.17 bits per heavy atom. The lowest BCUT2D eigenvalue weighted by molar-refractivity contribution is -0.387. The van der Waals surface area contributed by atoms with Gasteiger partial charge in [0, 0.05) is 12.1 Å². The van der Waals surface area contributed by atoms with Crippen LogP contribution >= 0.6 is 0 Å². The number of para-hydroxylation sites is 1. The minimum Gasteiger partial charge on any atom is -0.317 e. The maximum absolute atomic E-state index is 12.8. The van der Waals surface area contributed by atoms with Crippen molar-refractivity contribution >= 4 is 15.7 Å². The van der Waals surface area contributed by atoms with Crippen LogP contribution < -0.4 is 10.0 Å². The van der Waals surface area contributed by atoms with E-state index in [1.807, 2.05) is 0 Å². The highest BCUT2D eigenvalue weighted by Gasteiger charge is 2.43. The Morgan fingerprint density at radius 2 is 1.88 bits per heavy atom. The van der Waals surface area contributed by atoms with Crippen molar-refractivity contribution in [2.45, 2.75) is 49.5 Å². The van der Waals surface area contributed by atoms with E-state index in [2.05, 4.69) is 10.0 Å². The molecule has 1 atom stereocenters. The summed E-state index contributed by atoms with van der Waals surface area (Å²) in [5.41, 5.74) is -0.402. The average Bonchev–Trinajstić information content (AvgIpc) is 2.58. The molecule has 7 nitrogen and oxygen atoms in total. The Morgan fingerprint density at radius 3 is 2.58 bits per heavy atom. The van der Waals surface area contributed by atoms with Gasteiger partial charge >= 0.3 is 0 Å². The van der Waals surface area contributed by atoms with Crippen molar-refractivity contribution in [2.24, 2.45) is 5.41 Å². The van der Waals surface area contributed by atoms with Gasteiger partial charge in [0.25, 0.3) is 5.69 Å². The fourth-order valence-corrected chi connectivity index (χ4v) is 5.64. The number of benzene rings is 1. The SMILES string of the molecule is O=[N+]([O-])c1ccccc1S(=O)(=O)NC1CCCCC12CCNCC2. The maximum atomic E-state index is 12.8. The fraction of sp³-hybridized carbons (Fsp3) is 0.625. The molecule has 0 amide bonds. The molecule has 0 aromatic heterocycles. The van der Waals surface area contributed by atoms with E-state index in [9.17, 15) is 18.5 Å². The maximum Gasteiger partial charge on any atom is 0.289 e. The molecule has 1 saturated heterocycles. The molecule has 1 unspecified atom stereocenters. The van der Waals surface area contributed by atoms with E-state index in [4.69, 9.17) is 0 Å². The van der Waals surface area contributed by atoms with Crippen LogP contribution in [0, 0.1) is 15.5 Å². The van der Waals surface area contributed by atoms with E-state index >= 15 is 0 Å². The van der Waals surface area contributed by atoms with E-state index in [-0.39, 0.29) is 22.0 Å². The Kier molecular flexibility index (Phi) is 4.89. The zero-order valence-electron chi connectivity index (χ0n) is 13.5. The number of sulfonamides is 1. The molecule has 2 fully saturated rings. The number of nitro benzene ring substituents is 1. The second-order valence-electron chi connectivity index (χ2n) is 6.76. The lowest BCUT2D eigenvalue weighted by Gasteiger charge is -2.47. The minimum atomic E-state index is -3.92. The van der Waals surface area contributed by atoms with Crippen LogP contribution in [-0.2, 0) is 10.0 Å². The summed E-state index contributed by atoms with van der Waals surface area (Å²) in [6, 6.07) is 5.38. The highest BCUT2D eigenvalue weighted by molar-refractivity contribution is 7.89. The van der Waals surface area contributed by atoms with Crippen LogP contribution in [0.4, 0.5) is 5.69 Å². The smallest absolute Gasteiger partial charge is 0.289 e. The van der Waals surface area contributed by atoms with Crippen LogP contribution in [-0.4, -0.2) is 32.5 Å². The predicted molar refractivity (Wildman–Crippen MR) is 90.2 cm³/mol. The summed E-state index contributed by atoms with van der Waals surface area (Å²) in [4.78, 5) is 10.3. The number of hydrogen-bond acceptors (Lipinski definition) is 5. The molecule has 1 aromatic carbocycles. The fourth-order valence-electron chi connectivity index (χ4n) is 4.10. The number of rotatable bonds is 4. The van der Waals surface area contributed by atoms with Gasteiger partial charge in [0.05, 0.1) is 4.92 Å². The first-order valence-corrected chi connectivity index (χ1v) is 9.89. The van der Waals surface area contributed by atoms with Crippen LogP contribution in [0.1, 0.15) is 38.5 Å². The van der Waals surface area contributed by atoms with E-state index in [0.29, 0.717) is 0 Å². The van der Waals surface area contributed by atoms with Gasteiger partial charge in [-0.25, -0.2) is 13.1 Å². The van der Waals surface area contributed by atoms with Crippen LogP contribution in [0.5, 0.6) is 0 Å². The normalized spacial score (nSPS) is 23.9. The summed E-state index contributed by atoms with van der Waals surface area (Å²) in [7, 11) is -3.92. The predicted octanol–water partition coefficient (Wildman–Crippen LogP) is 2.19. The first kappa shape index (κ1) is 17.3. The van der Waals surface area contributed by atoms with Crippen LogP contribution in [0.3, 0.4) is 0 Å². The first-order valence-electron chi connectivity index (χ1n) is 8.41. The molecule has 1 aromatic rings. The van der Waals surface area contributed by atoms with Crippen molar-refractivity contribution in [3.05, 3.63) is 34.4 Å². The standard InChI is InChI=1S/C16H23N3O4S/c20-19(21)13-5-1-2-6-14(13)24(22,23)18-15-7-3-4-8-16(15)9-11-17-12-10-16/h1-2,5-6,15,17-18H,3-4,7-12H2. The average molecular weight is 353 g/mol. The van der Waals surface area contributed by atoms with E-state index in [0.717, 1.165) is 51.6 Å². The third-order valence-electron chi connectivity index (χ3n) is 5.40. The van der Waals surface area contributed by atoms with Crippen molar-refractivity contribution < 1.29 is 13.3 Å². The molecule has 3 rings (SSSR count). The molecular weight excluding hydrogens is 330 g/mol. The molecule has 24 heavy (non-hydrogen) atoms. The van der Waals surface area contributed by atoms with Gasteiger partial charge in [0.1, 0.15) is 0 Å². The summed E-state index contributed by atoms with van der Waals surface area (Å²) in [6.07, 6.45) is 5.79. The Hall–Kier alpha value is -1.51. The molecule has 1 aliphatic carbocycles. The van der Waals surface area contributed by atoms with Gasteiger partial charge in [-0.15, -0.1) is 0 Å². The van der Waals surface area contributed by atoms with Gasteiger partial charge in [-0.3, -0.25) is 10.1 Å². The monoisotopic (exact) mass is 353 g/mol. The lowest BCUT2D eigenvalue weighted by Crippen LogP contribution is -2.53. The van der Waals surface area contributed by atoms with E-state index < -0.39 is 14.9 Å². The Bertz CT molecular complexity index is 706. The molecule has 1 spiro atoms. The first-order chi connectivity index (χ1) is 11.4. The van der Waals surface area contributed by atoms with Gasteiger partial charge in [-0.2, -0.15) is 0 Å². The minimum absolute atomic E-state index is 0.0276. The highest BCUT2D eigenvalue weighted by Crippen LogP contribution is 2.44. The van der Waals surface area contributed by atoms with Gasteiger partial charge in [-0.05, 0) is 50.3 Å². The molecule has 1 saturated carbocycles. The number of nitro groups is 1. The van der Waals surface area contributed by atoms with E-state index in [1.54, 1.807) is 0 Å². The zero-order valence-corrected chi connectivity index (χ0v) is 14.3. The summed E-state index contributed by atoms with van der Waals surface area (Å²) in [5, 5.41) is 14.5. The molecule has 0 radical (unpaired) electrons. The Labute approximate surface area is 142 Å². The van der Waals surface area contributed by atoms with Crippen molar-refractivity contribution in [1.29, 1.82) is 0 Å². The van der Waals surface area contributed by atoms with Gasteiger partial charge in [0.2, 0.25) is 10.0 Å². The Balaban J connectivity index is 1.89. The van der Waals surface area contributed by atoms with Crippen molar-refractivity contribution in [2.75, 3.05) is 13.1 Å². The van der Waals surface area contributed by atoms with Gasteiger partial charge in [0.15, 0.2) is 4.90 Å². The summed E-state index contributed by atoms with van der Waals surface area (Å²) in [6.45, 7) is 1.79. The molecular formula is C16H23N3O4S. The highest BCUT2D eigenvalue weighted by atomic mass is 32.2. The molecule has 132 valence electrons. The van der Waals surface area contributed by atoms with Crippen LogP contribution in [0.15, 0.2) is 29.2 Å². The summed E-state index contributed by atoms with van der Waals surface area (Å²) >= 11 is 0. The zero-order chi connectivity index (χ0) is 17.2. The van der Waals surface area contributed by atoms with Crippen molar-refractivity contribution in [1.82, 2.24) is 10.0 Å². The summed E-state index contributed by atoms with van der Waals surface area (Å²) < 4.78 is 28.4. The molecule has 1 aliphatic heterocycles. The number of hydrogen-bond donors (Lipinski definition) is 2. The number of piperidine rings is 1. The quantitative estimate of drug-likeness (QED) is 0.638. The molecule has 8 heteroatoms. The van der Waals surface area contributed by atoms with Crippen molar-refractivity contribution in [3.63, 3.8) is 0 Å². The van der Waals surface area contributed by atoms with E-state index in [1.165, 1.54) is 24.3 Å². The van der Waals surface area contributed by atoms with Crippen LogP contribution in [0.25, 0.3) is 0 Å². The third-order valence-corrected chi connectivity index (χ3v) is 6.92. The second-order valence-corrected chi connectivity index (χ2v) is 8.44. The molecule has 2 aliphatic rings. The molecule has 1 heterocycles. The molecule has 2 N–H and O–H groups in total. The summed E-state index contributed by atoms with van der Waals surface area (Å²) in [5.74, 6) is 0. The third kappa shape index (κ3) is 3.31. The number of nitrogens with zero attached hydrogens (tertiary/aromatic N) is 1.